The second kappa shape index (κ2) is 4.61. The lowest BCUT2D eigenvalue weighted by atomic mass is 9.98. The Balaban J connectivity index is 5.27. The Morgan fingerprint density at radius 3 is 1.18 bits per heavy atom. The van der Waals surface area contributed by atoms with Gasteiger partial charge in [0, 0.05) is 6.42 Å². The first kappa shape index (κ1) is 17.0. The average Bonchev–Trinajstić information content (AvgIpc) is 1.97. The molecule has 11 heteroatoms. The van der Waals surface area contributed by atoms with Crippen LogP contribution in [0.25, 0.3) is 0 Å². The molecule has 0 bridgehead atoms. The van der Waals surface area contributed by atoms with Crippen LogP contribution in [-0.2, 0) is 0 Å². The van der Waals surface area contributed by atoms with Crippen LogP contribution in [0.4, 0.5) is 43.9 Å². The van der Waals surface area contributed by atoms with E-state index in [-0.39, 0.29) is 22.6 Å². The van der Waals surface area contributed by atoms with Crippen molar-refractivity contribution in [1.82, 2.24) is 0 Å². The molecule has 0 unspecified atom stereocenters. The molecule has 0 spiro atoms. The first-order valence-electron chi connectivity index (χ1n) is 3.66. The number of hydrogen-bond donors (Lipinski definition) is 0. The molecule has 17 heavy (non-hydrogen) atoms. The molecule has 0 aromatic carbocycles. The summed E-state index contributed by atoms with van der Waals surface area (Å²) < 4.78 is 117. The van der Waals surface area contributed by atoms with E-state index in [2.05, 4.69) is 0 Å². The van der Waals surface area contributed by atoms with E-state index in [1.165, 1.54) is 0 Å². The molecule has 0 nitrogen and oxygen atoms in total. The molecule has 0 heterocycles. The van der Waals surface area contributed by atoms with E-state index in [4.69, 9.17) is 0 Å². The van der Waals surface area contributed by atoms with Gasteiger partial charge in [0.15, 0.2) is 0 Å². The quantitative estimate of drug-likeness (QED) is 0.367. The third-order valence-corrected chi connectivity index (χ3v) is 2.86. The largest absolute Gasteiger partial charge is 0.431 e. The molecule has 0 aromatic heterocycles. The van der Waals surface area contributed by atoms with Gasteiger partial charge in [-0.25, -0.2) is 4.39 Å². The van der Waals surface area contributed by atoms with E-state index in [1.54, 1.807) is 0 Å². The standard InChI is InChI=1S/C6H3F10I/c7-3(5(11,12)13,6(14,15)16)1-2(17)4(8,9)10/h2H,1H2/t2-/m1/s1. The van der Waals surface area contributed by atoms with Gasteiger partial charge in [0.05, 0.1) is 0 Å². The molecule has 0 amide bonds. The van der Waals surface area contributed by atoms with Crippen molar-refractivity contribution in [3.8, 4) is 0 Å². The lowest BCUT2D eigenvalue weighted by Gasteiger charge is -2.31. The van der Waals surface area contributed by atoms with Crippen LogP contribution in [0, 0.1) is 0 Å². The summed E-state index contributed by atoms with van der Waals surface area (Å²) in [5.41, 5.74) is -5.87. The molecule has 0 saturated carbocycles. The molecule has 0 saturated heterocycles. The van der Waals surface area contributed by atoms with Gasteiger partial charge in [-0.1, -0.05) is 22.6 Å². The maximum absolute atomic E-state index is 12.8. The Kier molecular flexibility index (Phi) is 4.62. The highest BCUT2D eigenvalue weighted by Gasteiger charge is 2.73. The highest BCUT2D eigenvalue weighted by Crippen LogP contribution is 2.51. The summed E-state index contributed by atoms with van der Waals surface area (Å²) in [6.45, 7) is 0. The summed E-state index contributed by atoms with van der Waals surface area (Å²) in [5.74, 6) is 0. The number of hydrogen-bond acceptors (Lipinski definition) is 0. The van der Waals surface area contributed by atoms with Crippen LogP contribution < -0.4 is 0 Å². The minimum absolute atomic E-state index is 0.288. The van der Waals surface area contributed by atoms with E-state index in [9.17, 15) is 43.9 Å². The van der Waals surface area contributed by atoms with Crippen LogP contribution in [0.1, 0.15) is 6.42 Å². The fraction of sp³-hybridized carbons (Fsp3) is 1.00. The molecule has 0 aliphatic carbocycles. The number of halogens is 11. The van der Waals surface area contributed by atoms with Crippen LogP contribution in [0.2, 0.25) is 0 Å². The zero-order chi connectivity index (χ0) is 14.3. The fourth-order valence-electron chi connectivity index (χ4n) is 0.755. The normalized spacial score (nSPS) is 17.1. The second-order valence-electron chi connectivity index (χ2n) is 3.01. The summed E-state index contributed by atoms with van der Waals surface area (Å²) in [6.07, 6.45) is -21.0. The molecular weight excluding hydrogens is 389 g/mol. The molecule has 0 aliphatic rings. The Hall–Kier alpha value is 0.0300. The van der Waals surface area contributed by atoms with Crippen molar-refractivity contribution in [1.29, 1.82) is 0 Å². The maximum Gasteiger partial charge on any atom is 0.431 e. The zero-order valence-corrected chi connectivity index (χ0v) is 9.60. The summed E-state index contributed by atoms with van der Waals surface area (Å²) in [7, 11) is 0. The van der Waals surface area contributed by atoms with Crippen molar-refractivity contribution in [2.45, 2.75) is 34.5 Å². The van der Waals surface area contributed by atoms with E-state index in [1.807, 2.05) is 0 Å². The van der Waals surface area contributed by atoms with Crippen molar-refractivity contribution < 1.29 is 43.9 Å². The maximum atomic E-state index is 12.8. The van der Waals surface area contributed by atoms with E-state index < -0.39 is 34.5 Å². The van der Waals surface area contributed by atoms with Crippen LogP contribution >= 0.6 is 22.6 Å². The van der Waals surface area contributed by atoms with Gasteiger partial charge in [-0.3, -0.25) is 0 Å². The summed E-state index contributed by atoms with van der Waals surface area (Å²) in [6, 6.07) is 0. The summed E-state index contributed by atoms with van der Waals surface area (Å²) in [5, 5.41) is 0. The molecule has 0 fully saturated rings. The van der Waals surface area contributed by atoms with Crippen LogP contribution in [0.15, 0.2) is 0 Å². The molecule has 0 rings (SSSR count). The molecule has 0 radical (unpaired) electrons. The smallest absolute Gasteiger partial charge is 0.224 e. The average molecular weight is 392 g/mol. The predicted molar refractivity (Wildman–Crippen MR) is 44.4 cm³/mol. The Bertz CT molecular complexity index is 245. The van der Waals surface area contributed by atoms with Gasteiger partial charge in [0.2, 0.25) is 0 Å². The van der Waals surface area contributed by atoms with Gasteiger partial charge in [-0.05, 0) is 0 Å². The molecule has 0 N–H and O–H groups in total. The van der Waals surface area contributed by atoms with Crippen molar-refractivity contribution in [2.24, 2.45) is 0 Å². The van der Waals surface area contributed by atoms with E-state index in [0.29, 0.717) is 0 Å². The van der Waals surface area contributed by atoms with Crippen LogP contribution in [-0.4, -0.2) is 28.1 Å². The Labute approximate surface area is 101 Å². The number of rotatable bonds is 2. The predicted octanol–water partition coefficient (Wildman–Crippen LogP) is 4.58. The van der Waals surface area contributed by atoms with Gasteiger partial charge < -0.3 is 0 Å². The minimum Gasteiger partial charge on any atom is -0.224 e. The van der Waals surface area contributed by atoms with Crippen molar-refractivity contribution >= 4 is 22.6 Å². The Morgan fingerprint density at radius 2 is 1.00 bits per heavy atom. The lowest BCUT2D eigenvalue weighted by Crippen LogP contribution is -2.55. The summed E-state index contributed by atoms with van der Waals surface area (Å²) >= 11 is 0.288. The first-order chi connectivity index (χ1) is 7.13. The second-order valence-corrected chi connectivity index (χ2v) is 4.51. The van der Waals surface area contributed by atoms with Crippen molar-refractivity contribution in [3.05, 3.63) is 0 Å². The van der Waals surface area contributed by atoms with E-state index >= 15 is 0 Å². The highest BCUT2D eigenvalue weighted by atomic mass is 127. The van der Waals surface area contributed by atoms with Gasteiger partial charge >= 0.3 is 24.2 Å². The lowest BCUT2D eigenvalue weighted by molar-refractivity contribution is -0.345. The SMILES string of the molecule is FC(F)(F)[C@H](I)CC(F)(C(F)(F)F)C(F)(F)F. The molecule has 0 aromatic rings. The summed E-state index contributed by atoms with van der Waals surface area (Å²) in [4.78, 5) is 0. The topological polar surface area (TPSA) is 0 Å². The van der Waals surface area contributed by atoms with Gasteiger partial charge in [-0.15, -0.1) is 0 Å². The third kappa shape index (κ3) is 3.74. The number of alkyl halides is 11. The first-order valence-corrected chi connectivity index (χ1v) is 4.90. The fourth-order valence-corrected chi connectivity index (χ4v) is 1.36. The van der Waals surface area contributed by atoms with Crippen LogP contribution in [0.5, 0.6) is 0 Å². The van der Waals surface area contributed by atoms with Gasteiger partial charge in [0.1, 0.15) is 3.92 Å². The molecule has 1 atom stereocenters. The molecule has 104 valence electrons. The van der Waals surface area contributed by atoms with Gasteiger partial charge in [0.25, 0.3) is 0 Å². The van der Waals surface area contributed by atoms with Crippen molar-refractivity contribution in [3.63, 3.8) is 0 Å². The molecular formula is C6H3F10I. The zero-order valence-electron chi connectivity index (χ0n) is 7.44. The minimum atomic E-state index is -6.46. The Morgan fingerprint density at radius 1 is 0.706 bits per heavy atom. The monoisotopic (exact) mass is 392 g/mol. The molecule has 0 aliphatic heterocycles. The van der Waals surface area contributed by atoms with Crippen LogP contribution in [0.3, 0.4) is 0 Å². The van der Waals surface area contributed by atoms with Gasteiger partial charge in [-0.2, -0.15) is 39.5 Å². The van der Waals surface area contributed by atoms with Crippen molar-refractivity contribution in [2.75, 3.05) is 0 Å². The van der Waals surface area contributed by atoms with E-state index in [0.717, 1.165) is 0 Å². The third-order valence-electron chi connectivity index (χ3n) is 1.71. The highest BCUT2D eigenvalue weighted by molar-refractivity contribution is 14.1.